The summed E-state index contributed by atoms with van der Waals surface area (Å²) in [5, 5.41) is 1.88. The molecule has 1 aliphatic rings. The first-order valence-electron chi connectivity index (χ1n) is 4.30. The molecule has 0 amide bonds. The Morgan fingerprint density at radius 2 is 2.42 bits per heavy atom. The highest BCUT2D eigenvalue weighted by Gasteiger charge is 2.23. The summed E-state index contributed by atoms with van der Waals surface area (Å²) in [6.07, 6.45) is 4.13. The van der Waals surface area contributed by atoms with Crippen LogP contribution in [0.1, 0.15) is 24.6 Å². The number of hydrogen-bond acceptors (Lipinski definition) is 3. The summed E-state index contributed by atoms with van der Waals surface area (Å²) in [5.41, 5.74) is 1.09. The average molecular weight is 163 g/mol. The van der Waals surface area contributed by atoms with E-state index in [0.29, 0.717) is 6.04 Å². The lowest BCUT2D eigenvalue weighted by atomic mass is 10.1. The van der Waals surface area contributed by atoms with Gasteiger partial charge in [0, 0.05) is 12.7 Å². The molecule has 1 aromatic rings. The molecule has 3 heteroatoms. The molecule has 64 valence electrons. The molecule has 1 aliphatic heterocycles. The monoisotopic (exact) mass is 163 g/mol. The van der Waals surface area contributed by atoms with Gasteiger partial charge in [-0.15, -0.1) is 0 Å². The number of pyridine rings is 1. The fourth-order valence-corrected chi connectivity index (χ4v) is 1.68. The van der Waals surface area contributed by atoms with Crippen molar-refractivity contribution in [3.05, 3.63) is 30.1 Å². The van der Waals surface area contributed by atoms with Crippen LogP contribution in [0.2, 0.25) is 0 Å². The second-order valence-electron chi connectivity index (χ2n) is 3.15. The Morgan fingerprint density at radius 3 is 3.00 bits per heavy atom. The second-order valence-corrected chi connectivity index (χ2v) is 3.15. The zero-order valence-electron chi connectivity index (χ0n) is 6.98. The van der Waals surface area contributed by atoms with Crippen LogP contribution in [0.15, 0.2) is 24.4 Å². The highest BCUT2D eigenvalue weighted by molar-refractivity contribution is 5.09. The molecular formula is C9H13N3. The van der Waals surface area contributed by atoms with Crippen molar-refractivity contribution in [1.82, 2.24) is 9.99 Å². The number of rotatable bonds is 1. The number of aromatic nitrogens is 1. The van der Waals surface area contributed by atoms with Gasteiger partial charge in [0.05, 0.1) is 11.7 Å². The first kappa shape index (κ1) is 7.71. The predicted octanol–water partition coefficient (Wildman–Crippen LogP) is 1.09. The predicted molar refractivity (Wildman–Crippen MR) is 47.1 cm³/mol. The topological polar surface area (TPSA) is 42.1 Å². The Balaban J connectivity index is 2.19. The lowest BCUT2D eigenvalue weighted by Gasteiger charge is -2.17. The van der Waals surface area contributed by atoms with Crippen molar-refractivity contribution in [2.75, 3.05) is 6.54 Å². The van der Waals surface area contributed by atoms with E-state index in [4.69, 9.17) is 5.84 Å². The molecule has 1 fully saturated rings. The van der Waals surface area contributed by atoms with Gasteiger partial charge >= 0.3 is 0 Å². The van der Waals surface area contributed by atoms with E-state index in [1.165, 1.54) is 6.42 Å². The van der Waals surface area contributed by atoms with Gasteiger partial charge in [-0.25, -0.2) is 5.01 Å². The van der Waals surface area contributed by atoms with Crippen molar-refractivity contribution < 1.29 is 0 Å². The Kier molecular flexibility index (Phi) is 2.06. The van der Waals surface area contributed by atoms with E-state index >= 15 is 0 Å². The van der Waals surface area contributed by atoms with Gasteiger partial charge in [-0.1, -0.05) is 6.07 Å². The molecule has 0 aliphatic carbocycles. The molecule has 3 nitrogen and oxygen atoms in total. The fourth-order valence-electron chi connectivity index (χ4n) is 1.68. The van der Waals surface area contributed by atoms with Crippen molar-refractivity contribution in [3.63, 3.8) is 0 Å². The van der Waals surface area contributed by atoms with Crippen LogP contribution in [-0.2, 0) is 0 Å². The summed E-state index contributed by atoms with van der Waals surface area (Å²) >= 11 is 0. The van der Waals surface area contributed by atoms with Crippen LogP contribution in [0.5, 0.6) is 0 Å². The van der Waals surface area contributed by atoms with Crippen LogP contribution in [0.3, 0.4) is 0 Å². The Morgan fingerprint density at radius 1 is 1.50 bits per heavy atom. The van der Waals surface area contributed by atoms with Gasteiger partial charge in [0.1, 0.15) is 0 Å². The molecule has 0 radical (unpaired) electrons. The van der Waals surface area contributed by atoms with Crippen LogP contribution in [-0.4, -0.2) is 16.5 Å². The molecule has 0 bridgehead atoms. The van der Waals surface area contributed by atoms with Gasteiger partial charge in [0.25, 0.3) is 0 Å². The standard InChI is InChI=1S/C9H13N3/c10-12-7-3-5-9(12)8-4-1-2-6-11-8/h1-2,4,6,9H,3,5,7,10H2. The van der Waals surface area contributed by atoms with Crippen LogP contribution in [0.4, 0.5) is 0 Å². The Labute approximate surface area is 72.2 Å². The first-order valence-corrected chi connectivity index (χ1v) is 4.30. The van der Waals surface area contributed by atoms with Crippen molar-refractivity contribution in [2.24, 2.45) is 5.84 Å². The minimum absolute atomic E-state index is 0.339. The highest BCUT2D eigenvalue weighted by atomic mass is 15.4. The minimum Gasteiger partial charge on any atom is -0.268 e. The van der Waals surface area contributed by atoms with Gasteiger partial charge < -0.3 is 0 Å². The molecule has 1 atom stereocenters. The van der Waals surface area contributed by atoms with E-state index in [0.717, 1.165) is 18.7 Å². The lowest BCUT2D eigenvalue weighted by molar-refractivity contribution is 0.261. The third kappa shape index (κ3) is 1.33. The highest BCUT2D eigenvalue weighted by Crippen LogP contribution is 2.26. The molecule has 1 saturated heterocycles. The lowest BCUT2D eigenvalue weighted by Crippen LogP contribution is -2.30. The van der Waals surface area contributed by atoms with E-state index in [1.807, 2.05) is 29.4 Å². The molecule has 0 spiro atoms. The first-order chi connectivity index (χ1) is 5.88. The van der Waals surface area contributed by atoms with Gasteiger partial charge in [-0.3, -0.25) is 10.8 Å². The number of nitrogens with two attached hydrogens (primary N) is 1. The van der Waals surface area contributed by atoms with Gasteiger partial charge in [0.2, 0.25) is 0 Å². The van der Waals surface area contributed by atoms with Crippen molar-refractivity contribution in [3.8, 4) is 0 Å². The number of hydrogen-bond donors (Lipinski definition) is 1. The summed E-state index contributed by atoms with van der Waals surface area (Å²) in [7, 11) is 0. The fraction of sp³-hybridized carbons (Fsp3) is 0.444. The average Bonchev–Trinajstić information content (AvgIpc) is 2.53. The summed E-state index contributed by atoms with van der Waals surface area (Å²) in [6, 6.07) is 6.31. The van der Waals surface area contributed by atoms with Crippen molar-refractivity contribution in [2.45, 2.75) is 18.9 Å². The van der Waals surface area contributed by atoms with Crippen LogP contribution < -0.4 is 5.84 Å². The summed E-state index contributed by atoms with van der Waals surface area (Å²) in [4.78, 5) is 4.29. The number of hydrazine groups is 1. The largest absolute Gasteiger partial charge is 0.268 e. The Hall–Kier alpha value is -0.930. The van der Waals surface area contributed by atoms with Crippen molar-refractivity contribution in [1.29, 1.82) is 0 Å². The van der Waals surface area contributed by atoms with Gasteiger partial charge in [-0.05, 0) is 25.0 Å². The summed E-state index contributed by atoms with van der Waals surface area (Å²) in [6.45, 7) is 0.987. The maximum absolute atomic E-state index is 5.80. The van der Waals surface area contributed by atoms with E-state index in [1.54, 1.807) is 0 Å². The zero-order valence-corrected chi connectivity index (χ0v) is 6.98. The molecular weight excluding hydrogens is 150 g/mol. The molecule has 1 aromatic heterocycles. The van der Waals surface area contributed by atoms with E-state index in [2.05, 4.69) is 4.98 Å². The summed E-state index contributed by atoms with van der Waals surface area (Å²) < 4.78 is 0. The smallest absolute Gasteiger partial charge is 0.0663 e. The second kappa shape index (κ2) is 3.21. The molecule has 2 N–H and O–H groups in total. The van der Waals surface area contributed by atoms with Gasteiger partial charge in [0.15, 0.2) is 0 Å². The molecule has 1 unspecified atom stereocenters. The van der Waals surface area contributed by atoms with E-state index in [-0.39, 0.29) is 0 Å². The molecule has 0 aromatic carbocycles. The van der Waals surface area contributed by atoms with E-state index < -0.39 is 0 Å². The third-order valence-electron chi connectivity index (χ3n) is 2.32. The molecule has 2 rings (SSSR count). The quantitative estimate of drug-likeness (QED) is 0.630. The zero-order chi connectivity index (χ0) is 8.39. The van der Waals surface area contributed by atoms with Crippen LogP contribution in [0.25, 0.3) is 0 Å². The summed E-state index contributed by atoms with van der Waals surface area (Å²) in [5.74, 6) is 5.80. The molecule has 0 saturated carbocycles. The number of nitrogens with zero attached hydrogens (tertiary/aromatic N) is 2. The normalized spacial score (nSPS) is 24.6. The maximum Gasteiger partial charge on any atom is 0.0663 e. The SMILES string of the molecule is NN1CCCC1c1ccccn1. The van der Waals surface area contributed by atoms with Crippen LogP contribution in [0, 0.1) is 0 Å². The van der Waals surface area contributed by atoms with Gasteiger partial charge in [-0.2, -0.15) is 0 Å². The van der Waals surface area contributed by atoms with Crippen molar-refractivity contribution >= 4 is 0 Å². The third-order valence-corrected chi connectivity index (χ3v) is 2.32. The van der Waals surface area contributed by atoms with Crippen LogP contribution >= 0.6 is 0 Å². The Bertz CT molecular complexity index is 247. The maximum atomic E-state index is 5.80. The molecule has 12 heavy (non-hydrogen) atoms. The minimum atomic E-state index is 0.339. The van der Waals surface area contributed by atoms with E-state index in [9.17, 15) is 0 Å². The molecule has 2 heterocycles.